The van der Waals surface area contributed by atoms with Crippen LogP contribution in [0.4, 0.5) is 0 Å². The molecule has 3 aromatic rings. The summed E-state index contributed by atoms with van der Waals surface area (Å²) in [7, 11) is 1.91. The molecule has 2 aliphatic rings. The number of carbonyl (C=O) groups is 2. The van der Waals surface area contributed by atoms with E-state index in [0.29, 0.717) is 12.0 Å². The number of Topliss-reactive ketones (excluding diaryl/α,β-unsaturated/α-hetero) is 2. The lowest BCUT2D eigenvalue weighted by molar-refractivity contribution is -0.122. The number of aryl methyl sites for hydroxylation is 2. The van der Waals surface area contributed by atoms with Crippen LogP contribution in [0.2, 0.25) is 0 Å². The summed E-state index contributed by atoms with van der Waals surface area (Å²) in [5, 5.41) is 8.46. The zero-order valence-corrected chi connectivity index (χ0v) is 16.8. The first-order valence-electron chi connectivity index (χ1n) is 9.97. The van der Waals surface area contributed by atoms with Crippen molar-refractivity contribution in [2.24, 2.45) is 13.0 Å². The molecule has 4 nitrogen and oxygen atoms in total. The zero-order valence-electron chi connectivity index (χ0n) is 16.8. The van der Waals surface area contributed by atoms with Gasteiger partial charge < -0.3 is 0 Å². The van der Waals surface area contributed by atoms with Crippen LogP contribution in [0.5, 0.6) is 0 Å². The van der Waals surface area contributed by atoms with Crippen molar-refractivity contribution in [2.45, 2.75) is 26.2 Å². The van der Waals surface area contributed by atoms with Crippen LogP contribution < -0.4 is 10.4 Å². The molecule has 0 radical (unpaired) electrons. The first kappa shape index (κ1) is 17.8. The van der Waals surface area contributed by atoms with E-state index in [2.05, 4.69) is 11.2 Å². The summed E-state index contributed by atoms with van der Waals surface area (Å²) in [6.07, 6.45) is 4.20. The molecule has 0 spiro atoms. The molecule has 144 valence electrons. The number of rotatable bonds is 2. The Labute approximate surface area is 168 Å². The molecule has 1 aromatic heterocycles. The standard InChI is InChI=1S/C25H22N2O2/c1-14-10-17-8-9-20-19-7-5-4-6-16(19)12-22(28)24(20)23(17)21(25(14)29)13-18-11-15(2)27(3)26-18/h4-12,14,21H,13H2,1-3H3. The second kappa shape index (κ2) is 6.38. The van der Waals surface area contributed by atoms with E-state index in [0.717, 1.165) is 37.8 Å². The van der Waals surface area contributed by atoms with Gasteiger partial charge in [-0.15, -0.1) is 0 Å². The van der Waals surface area contributed by atoms with Gasteiger partial charge in [-0.1, -0.05) is 49.4 Å². The second-order valence-electron chi connectivity index (χ2n) is 8.10. The third-order valence-electron chi connectivity index (χ3n) is 6.21. The van der Waals surface area contributed by atoms with Gasteiger partial charge in [0.05, 0.1) is 11.6 Å². The summed E-state index contributed by atoms with van der Waals surface area (Å²) in [6, 6.07) is 14.0. The number of hydrogen-bond donors (Lipinski definition) is 0. The Morgan fingerprint density at radius 3 is 2.59 bits per heavy atom. The van der Waals surface area contributed by atoms with Crippen LogP contribution in [0.25, 0.3) is 12.2 Å². The summed E-state index contributed by atoms with van der Waals surface area (Å²) in [6.45, 7) is 3.94. The number of benzene rings is 2. The smallest absolute Gasteiger partial charge is 0.187 e. The van der Waals surface area contributed by atoms with Crippen LogP contribution in [0, 0.1) is 23.3 Å². The van der Waals surface area contributed by atoms with Gasteiger partial charge in [-0.2, -0.15) is 5.10 Å². The summed E-state index contributed by atoms with van der Waals surface area (Å²) in [5.41, 5.74) is 3.48. The fourth-order valence-corrected chi connectivity index (χ4v) is 4.69. The van der Waals surface area contributed by atoms with E-state index in [1.165, 1.54) is 0 Å². The Kier molecular flexibility index (Phi) is 3.91. The van der Waals surface area contributed by atoms with Crippen molar-refractivity contribution in [3.8, 4) is 0 Å². The van der Waals surface area contributed by atoms with Crippen molar-refractivity contribution in [3.05, 3.63) is 85.9 Å². The Bertz CT molecular complexity index is 1390. The number of aromatic nitrogens is 2. The van der Waals surface area contributed by atoms with E-state index in [9.17, 15) is 9.59 Å². The minimum atomic E-state index is -0.364. The van der Waals surface area contributed by atoms with E-state index >= 15 is 0 Å². The molecule has 29 heavy (non-hydrogen) atoms. The summed E-state index contributed by atoms with van der Waals surface area (Å²) < 4.78 is 1.83. The third kappa shape index (κ3) is 2.70. The average Bonchev–Trinajstić information content (AvgIpc) is 3.02. The molecule has 2 unspecified atom stereocenters. The van der Waals surface area contributed by atoms with Gasteiger partial charge in [-0.3, -0.25) is 14.3 Å². The molecular formula is C25H22N2O2. The normalized spacial score (nSPS) is 19.7. The lowest BCUT2D eigenvalue weighted by Gasteiger charge is -2.26. The largest absolute Gasteiger partial charge is 0.298 e. The molecule has 2 aromatic carbocycles. The number of carbonyl (C=O) groups excluding carboxylic acids is 2. The first-order chi connectivity index (χ1) is 13.9. The van der Waals surface area contributed by atoms with Crippen LogP contribution in [0.3, 0.4) is 0 Å². The maximum Gasteiger partial charge on any atom is 0.187 e. The summed E-state index contributed by atoms with van der Waals surface area (Å²) in [4.78, 5) is 26.4. The highest BCUT2D eigenvalue weighted by Gasteiger charge is 2.33. The number of ketones is 2. The molecule has 0 bridgehead atoms. The maximum absolute atomic E-state index is 13.2. The fourth-order valence-electron chi connectivity index (χ4n) is 4.69. The molecule has 2 aliphatic carbocycles. The van der Waals surface area contributed by atoms with Crippen molar-refractivity contribution < 1.29 is 9.59 Å². The number of nitrogens with zero attached hydrogens (tertiary/aromatic N) is 2. The lowest BCUT2D eigenvalue weighted by atomic mass is 9.75. The van der Waals surface area contributed by atoms with Gasteiger partial charge in [0.2, 0.25) is 0 Å². The molecule has 0 amide bonds. The molecule has 4 heteroatoms. The highest BCUT2D eigenvalue weighted by molar-refractivity contribution is 6.19. The van der Waals surface area contributed by atoms with Crippen LogP contribution in [0.1, 0.15) is 40.2 Å². The fraction of sp³-hybridized carbons (Fsp3) is 0.240. The predicted octanol–water partition coefficient (Wildman–Crippen LogP) is 2.32. The van der Waals surface area contributed by atoms with Crippen LogP contribution in [-0.4, -0.2) is 21.3 Å². The number of fused-ring (bicyclic) bond motifs is 4. The Morgan fingerprint density at radius 1 is 1.03 bits per heavy atom. The van der Waals surface area contributed by atoms with E-state index in [1.807, 2.05) is 68.1 Å². The van der Waals surface area contributed by atoms with E-state index in [-0.39, 0.29) is 23.4 Å². The quantitative estimate of drug-likeness (QED) is 0.684. The highest BCUT2D eigenvalue weighted by atomic mass is 16.1. The minimum absolute atomic E-state index is 0.0199. The van der Waals surface area contributed by atoms with Crippen LogP contribution >= 0.6 is 0 Å². The molecule has 0 aliphatic heterocycles. The topological polar surface area (TPSA) is 52.0 Å². The van der Waals surface area contributed by atoms with Crippen LogP contribution in [-0.2, 0) is 18.3 Å². The van der Waals surface area contributed by atoms with Crippen molar-refractivity contribution >= 4 is 23.7 Å². The Morgan fingerprint density at radius 2 is 1.83 bits per heavy atom. The van der Waals surface area contributed by atoms with E-state index < -0.39 is 0 Å². The molecule has 0 saturated heterocycles. The molecule has 0 N–H and O–H groups in total. The first-order valence-corrected chi connectivity index (χ1v) is 9.97. The van der Waals surface area contributed by atoms with Crippen molar-refractivity contribution in [1.82, 2.24) is 9.78 Å². The average molecular weight is 382 g/mol. The predicted molar refractivity (Wildman–Crippen MR) is 112 cm³/mol. The third-order valence-corrected chi connectivity index (χ3v) is 6.21. The van der Waals surface area contributed by atoms with E-state index in [4.69, 9.17) is 0 Å². The zero-order chi connectivity index (χ0) is 20.3. The van der Waals surface area contributed by atoms with Gasteiger partial charge in [-0.05, 0) is 45.5 Å². The minimum Gasteiger partial charge on any atom is -0.298 e. The van der Waals surface area contributed by atoms with Crippen LogP contribution in [0.15, 0.2) is 42.5 Å². The lowest BCUT2D eigenvalue weighted by Crippen LogP contribution is -2.35. The Hall–Kier alpha value is -3.27. The van der Waals surface area contributed by atoms with Crippen molar-refractivity contribution in [1.29, 1.82) is 0 Å². The van der Waals surface area contributed by atoms with Gasteiger partial charge in [0.25, 0.3) is 0 Å². The van der Waals surface area contributed by atoms with Gasteiger partial charge in [-0.25, -0.2) is 0 Å². The van der Waals surface area contributed by atoms with E-state index in [1.54, 1.807) is 6.08 Å². The van der Waals surface area contributed by atoms with Gasteiger partial charge in [0.1, 0.15) is 5.78 Å². The maximum atomic E-state index is 13.2. The summed E-state index contributed by atoms with van der Waals surface area (Å²) in [5.74, 6) is -0.406. The van der Waals surface area contributed by atoms with Crippen molar-refractivity contribution in [3.63, 3.8) is 0 Å². The van der Waals surface area contributed by atoms with Gasteiger partial charge in [0.15, 0.2) is 5.78 Å². The Balaban J connectivity index is 1.82. The second-order valence-corrected chi connectivity index (χ2v) is 8.10. The molecule has 5 rings (SSSR count). The monoisotopic (exact) mass is 382 g/mol. The SMILES string of the molecule is Cc1cc(CC2C(=O)C(C)C=c3ccc4c(c32)C(=O)C=c2ccccc2=4)nn1C. The van der Waals surface area contributed by atoms with Gasteiger partial charge >= 0.3 is 0 Å². The molecule has 2 atom stereocenters. The molecule has 0 fully saturated rings. The van der Waals surface area contributed by atoms with Gasteiger partial charge in [0, 0.05) is 30.6 Å². The molecule has 0 saturated carbocycles. The molecule has 1 heterocycles. The summed E-state index contributed by atoms with van der Waals surface area (Å²) >= 11 is 0. The highest BCUT2D eigenvalue weighted by Crippen LogP contribution is 2.30. The van der Waals surface area contributed by atoms with Crippen molar-refractivity contribution in [2.75, 3.05) is 0 Å². The number of hydrogen-bond acceptors (Lipinski definition) is 3. The molecular weight excluding hydrogens is 360 g/mol.